The van der Waals surface area contributed by atoms with Crippen LogP contribution in [0.1, 0.15) is 22.6 Å². The molecule has 86 valence electrons. The van der Waals surface area contributed by atoms with Crippen molar-refractivity contribution in [3.05, 3.63) is 29.0 Å². The molecule has 2 heterocycles. The Morgan fingerprint density at radius 1 is 1.25 bits per heavy atom. The number of imidazole rings is 1. The molecule has 4 nitrogen and oxygen atoms in total. The number of rotatable bonds is 2. The lowest BCUT2D eigenvalue weighted by molar-refractivity contribution is 0.716. The SMILES string of the molecule is Cc1nn(C)c(-n2cnc(C)c2C)c1CBr. The first kappa shape index (κ1) is 11.4. The molecule has 0 aliphatic rings. The third kappa shape index (κ3) is 1.59. The maximum atomic E-state index is 4.45. The quantitative estimate of drug-likeness (QED) is 0.793. The number of hydrogen-bond acceptors (Lipinski definition) is 2. The molecule has 0 saturated carbocycles. The van der Waals surface area contributed by atoms with Gasteiger partial charge in [0.2, 0.25) is 0 Å². The average Bonchev–Trinajstić information content (AvgIpc) is 2.69. The number of nitrogens with zero attached hydrogens (tertiary/aromatic N) is 4. The second-order valence-corrected chi connectivity index (χ2v) is 4.49. The highest BCUT2D eigenvalue weighted by molar-refractivity contribution is 9.08. The molecular weight excluding hydrogens is 268 g/mol. The summed E-state index contributed by atoms with van der Waals surface area (Å²) >= 11 is 3.51. The molecule has 0 amide bonds. The predicted molar refractivity (Wildman–Crippen MR) is 67.2 cm³/mol. The summed E-state index contributed by atoms with van der Waals surface area (Å²) in [6, 6.07) is 0. The van der Waals surface area contributed by atoms with Crippen LogP contribution in [-0.2, 0) is 12.4 Å². The molecule has 0 bridgehead atoms. The van der Waals surface area contributed by atoms with Gasteiger partial charge in [0.05, 0.1) is 11.4 Å². The monoisotopic (exact) mass is 282 g/mol. The fraction of sp³-hybridized carbons (Fsp3) is 0.455. The van der Waals surface area contributed by atoms with E-state index in [0.717, 1.165) is 28.2 Å². The number of aromatic nitrogens is 4. The maximum Gasteiger partial charge on any atom is 0.140 e. The molecule has 0 fully saturated rings. The number of halogens is 1. The molecule has 2 aromatic rings. The van der Waals surface area contributed by atoms with E-state index in [2.05, 4.69) is 37.5 Å². The van der Waals surface area contributed by atoms with Gasteiger partial charge in [-0.15, -0.1) is 0 Å². The Labute approximate surface area is 103 Å². The number of hydrogen-bond donors (Lipinski definition) is 0. The first-order chi connectivity index (χ1) is 7.56. The van der Waals surface area contributed by atoms with Crippen LogP contribution in [0.3, 0.4) is 0 Å². The first-order valence-electron chi connectivity index (χ1n) is 5.15. The zero-order valence-corrected chi connectivity index (χ0v) is 11.5. The second-order valence-electron chi connectivity index (χ2n) is 3.93. The van der Waals surface area contributed by atoms with Crippen molar-refractivity contribution in [1.29, 1.82) is 0 Å². The Hall–Kier alpha value is -1.10. The molecule has 0 N–H and O–H groups in total. The van der Waals surface area contributed by atoms with Gasteiger partial charge in [-0.2, -0.15) is 5.10 Å². The van der Waals surface area contributed by atoms with Crippen LogP contribution in [0.2, 0.25) is 0 Å². The van der Waals surface area contributed by atoms with Crippen LogP contribution < -0.4 is 0 Å². The fourth-order valence-electron chi connectivity index (χ4n) is 1.86. The van der Waals surface area contributed by atoms with Crippen molar-refractivity contribution in [2.45, 2.75) is 26.1 Å². The van der Waals surface area contributed by atoms with Crippen molar-refractivity contribution in [3.8, 4) is 5.82 Å². The van der Waals surface area contributed by atoms with Gasteiger partial charge in [-0.25, -0.2) is 4.98 Å². The summed E-state index contributed by atoms with van der Waals surface area (Å²) in [7, 11) is 1.96. The van der Waals surface area contributed by atoms with E-state index in [9.17, 15) is 0 Å². The minimum Gasteiger partial charge on any atom is -0.287 e. The number of aryl methyl sites for hydroxylation is 3. The standard InChI is InChI=1S/C11H15BrN4/c1-7-9(3)16(6-13-7)11-10(5-12)8(2)14-15(11)4/h6H,5H2,1-4H3. The molecule has 2 aromatic heterocycles. The molecule has 0 aromatic carbocycles. The van der Waals surface area contributed by atoms with Crippen molar-refractivity contribution in [3.63, 3.8) is 0 Å². The Balaban J connectivity index is 2.68. The summed E-state index contributed by atoms with van der Waals surface area (Å²) in [6.45, 7) is 6.12. The van der Waals surface area contributed by atoms with Gasteiger partial charge >= 0.3 is 0 Å². The van der Waals surface area contributed by atoms with Crippen LogP contribution in [0.5, 0.6) is 0 Å². The van der Waals surface area contributed by atoms with E-state index in [1.807, 2.05) is 31.9 Å². The summed E-state index contributed by atoms with van der Waals surface area (Å²) in [5, 5.41) is 5.25. The van der Waals surface area contributed by atoms with E-state index in [-0.39, 0.29) is 0 Å². The van der Waals surface area contributed by atoms with Crippen LogP contribution in [0.4, 0.5) is 0 Å². The zero-order chi connectivity index (χ0) is 11.9. The third-order valence-electron chi connectivity index (χ3n) is 2.93. The van der Waals surface area contributed by atoms with E-state index in [0.29, 0.717) is 0 Å². The molecule has 0 atom stereocenters. The second kappa shape index (κ2) is 4.05. The molecule has 0 spiro atoms. The molecule has 0 radical (unpaired) electrons. The van der Waals surface area contributed by atoms with Crippen molar-refractivity contribution >= 4 is 15.9 Å². The van der Waals surface area contributed by atoms with E-state index >= 15 is 0 Å². The van der Waals surface area contributed by atoms with Crippen LogP contribution in [-0.4, -0.2) is 19.3 Å². The van der Waals surface area contributed by atoms with Gasteiger partial charge in [0.25, 0.3) is 0 Å². The highest BCUT2D eigenvalue weighted by atomic mass is 79.9. The van der Waals surface area contributed by atoms with Gasteiger partial charge in [0, 0.05) is 23.6 Å². The average molecular weight is 283 g/mol. The molecule has 0 aliphatic carbocycles. The smallest absolute Gasteiger partial charge is 0.140 e. The van der Waals surface area contributed by atoms with Crippen LogP contribution in [0.15, 0.2) is 6.33 Å². The lowest BCUT2D eigenvalue weighted by Gasteiger charge is -2.08. The first-order valence-corrected chi connectivity index (χ1v) is 6.27. The predicted octanol–water partition coefficient (Wildman–Crippen LogP) is 2.43. The van der Waals surface area contributed by atoms with Gasteiger partial charge in [-0.1, -0.05) is 15.9 Å². The lowest BCUT2D eigenvalue weighted by Crippen LogP contribution is -2.05. The Kier molecular flexibility index (Phi) is 2.88. The highest BCUT2D eigenvalue weighted by Crippen LogP contribution is 2.22. The molecule has 5 heteroatoms. The largest absolute Gasteiger partial charge is 0.287 e. The van der Waals surface area contributed by atoms with Crippen molar-refractivity contribution in [2.75, 3.05) is 0 Å². The normalized spacial score (nSPS) is 11.1. The van der Waals surface area contributed by atoms with Gasteiger partial charge in [0.15, 0.2) is 0 Å². The minimum atomic E-state index is 0.804. The minimum absolute atomic E-state index is 0.804. The Morgan fingerprint density at radius 2 is 1.94 bits per heavy atom. The highest BCUT2D eigenvalue weighted by Gasteiger charge is 2.15. The topological polar surface area (TPSA) is 35.6 Å². The summed E-state index contributed by atoms with van der Waals surface area (Å²) < 4.78 is 3.99. The van der Waals surface area contributed by atoms with Gasteiger partial charge in [-0.05, 0) is 20.8 Å². The molecule has 2 rings (SSSR count). The van der Waals surface area contributed by atoms with E-state index in [4.69, 9.17) is 0 Å². The van der Waals surface area contributed by atoms with Crippen LogP contribution in [0, 0.1) is 20.8 Å². The van der Waals surface area contributed by atoms with Crippen molar-refractivity contribution in [1.82, 2.24) is 19.3 Å². The van der Waals surface area contributed by atoms with Crippen LogP contribution >= 0.6 is 15.9 Å². The van der Waals surface area contributed by atoms with Gasteiger partial charge in [-0.3, -0.25) is 9.25 Å². The third-order valence-corrected chi connectivity index (χ3v) is 3.49. The van der Waals surface area contributed by atoms with E-state index in [1.54, 1.807) is 0 Å². The Morgan fingerprint density at radius 3 is 2.44 bits per heavy atom. The molecule has 0 unspecified atom stereocenters. The van der Waals surface area contributed by atoms with E-state index < -0.39 is 0 Å². The van der Waals surface area contributed by atoms with Gasteiger partial charge in [0.1, 0.15) is 12.1 Å². The summed E-state index contributed by atoms with van der Waals surface area (Å²) in [6.07, 6.45) is 1.85. The molecule has 16 heavy (non-hydrogen) atoms. The molecule has 0 aliphatic heterocycles. The Bertz CT molecular complexity index is 524. The maximum absolute atomic E-state index is 4.45. The van der Waals surface area contributed by atoms with E-state index in [1.165, 1.54) is 5.56 Å². The summed E-state index contributed by atoms with van der Waals surface area (Å²) in [5.74, 6) is 1.09. The summed E-state index contributed by atoms with van der Waals surface area (Å²) in [5.41, 5.74) is 4.48. The zero-order valence-electron chi connectivity index (χ0n) is 9.95. The van der Waals surface area contributed by atoms with Crippen molar-refractivity contribution < 1.29 is 0 Å². The summed E-state index contributed by atoms with van der Waals surface area (Å²) in [4.78, 5) is 4.32. The van der Waals surface area contributed by atoms with Crippen molar-refractivity contribution in [2.24, 2.45) is 7.05 Å². The van der Waals surface area contributed by atoms with Gasteiger partial charge < -0.3 is 0 Å². The fourth-order valence-corrected chi connectivity index (χ4v) is 2.52. The molecule has 0 saturated heterocycles. The lowest BCUT2D eigenvalue weighted by atomic mass is 10.2. The van der Waals surface area contributed by atoms with Crippen LogP contribution in [0.25, 0.3) is 5.82 Å². The molecular formula is C11H15BrN4. The number of alkyl halides is 1.